The van der Waals surface area contributed by atoms with Gasteiger partial charge in [0.25, 0.3) is 0 Å². The Labute approximate surface area is 135 Å². The summed E-state index contributed by atoms with van der Waals surface area (Å²) in [6, 6.07) is 18.2. The van der Waals surface area contributed by atoms with Crippen LogP contribution in [-0.4, -0.2) is 0 Å². The van der Waals surface area contributed by atoms with Crippen molar-refractivity contribution in [3.63, 3.8) is 0 Å². The van der Waals surface area contributed by atoms with Crippen molar-refractivity contribution in [3.8, 4) is 11.1 Å². The molecule has 1 aliphatic rings. The fraction of sp³-hybridized carbons (Fsp3) is 0.286. The average Bonchev–Trinajstić information content (AvgIpc) is 2.61. The molecule has 1 aliphatic carbocycles. The Hall–Kier alpha value is -2.35. The summed E-state index contributed by atoms with van der Waals surface area (Å²) >= 11 is 0. The molecule has 1 fully saturated rings. The molecule has 1 saturated carbocycles. The number of benzene rings is 2. The Morgan fingerprint density at radius 2 is 1.65 bits per heavy atom. The van der Waals surface area contributed by atoms with Gasteiger partial charge >= 0.3 is 5.63 Å². The molecule has 116 valence electrons. The van der Waals surface area contributed by atoms with Crippen LogP contribution in [-0.2, 0) is 0 Å². The van der Waals surface area contributed by atoms with Crippen LogP contribution >= 0.6 is 0 Å². The van der Waals surface area contributed by atoms with E-state index >= 15 is 0 Å². The van der Waals surface area contributed by atoms with Gasteiger partial charge in [0.1, 0.15) is 5.76 Å². The van der Waals surface area contributed by atoms with Gasteiger partial charge in [0, 0.05) is 12.0 Å². The summed E-state index contributed by atoms with van der Waals surface area (Å²) < 4.78 is 5.54. The Balaban J connectivity index is 1.85. The molecule has 3 aromatic rings. The molecule has 0 unspecified atom stereocenters. The van der Waals surface area contributed by atoms with Crippen LogP contribution in [0.15, 0.2) is 63.8 Å². The molecule has 0 N–H and O–H groups in total. The molecule has 1 aromatic heterocycles. The van der Waals surface area contributed by atoms with E-state index in [2.05, 4.69) is 30.3 Å². The fourth-order valence-corrected chi connectivity index (χ4v) is 3.72. The SMILES string of the molecule is O=c1cc(-c2cccc3ccccc23)cc(C2CCCCC2)o1. The Bertz CT molecular complexity index is 880. The first-order valence-electron chi connectivity index (χ1n) is 8.44. The lowest BCUT2D eigenvalue weighted by Crippen LogP contribution is -2.08. The molecule has 0 bridgehead atoms. The molecule has 23 heavy (non-hydrogen) atoms. The second kappa shape index (κ2) is 6.04. The zero-order chi connectivity index (χ0) is 15.6. The minimum Gasteiger partial charge on any atom is -0.428 e. The van der Waals surface area contributed by atoms with Crippen molar-refractivity contribution >= 4 is 10.8 Å². The zero-order valence-electron chi connectivity index (χ0n) is 13.1. The number of rotatable bonds is 2. The van der Waals surface area contributed by atoms with Gasteiger partial charge in [-0.1, -0.05) is 61.7 Å². The average molecular weight is 304 g/mol. The fourth-order valence-electron chi connectivity index (χ4n) is 3.72. The van der Waals surface area contributed by atoms with Crippen molar-refractivity contribution in [2.24, 2.45) is 0 Å². The highest BCUT2D eigenvalue weighted by Gasteiger charge is 2.19. The van der Waals surface area contributed by atoms with Gasteiger partial charge < -0.3 is 4.42 Å². The Morgan fingerprint density at radius 3 is 2.52 bits per heavy atom. The smallest absolute Gasteiger partial charge is 0.336 e. The highest BCUT2D eigenvalue weighted by molar-refractivity contribution is 5.96. The van der Waals surface area contributed by atoms with Crippen LogP contribution in [0.3, 0.4) is 0 Å². The normalized spacial score (nSPS) is 15.8. The van der Waals surface area contributed by atoms with Crippen molar-refractivity contribution in [3.05, 3.63) is 70.8 Å². The van der Waals surface area contributed by atoms with E-state index in [0.717, 1.165) is 29.7 Å². The molecule has 0 radical (unpaired) electrons. The van der Waals surface area contributed by atoms with E-state index in [1.54, 1.807) is 6.07 Å². The molecule has 2 nitrogen and oxygen atoms in total. The lowest BCUT2D eigenvalue weighted by Gasteiger charge is -2.20. The van der Waals surface area contributed by atoms with Gasteiger partial charge in [-0.25, -0.2) is 4.79 Å². The van der Waals surface area contributed by atoms with E-state index in [-0.39, 0.29) is 5.63 Å². The monoisotopic (exact) mass is 304 g/mol. The quantitative estimate of drug-likeness (QED) is 0.625. The van der Waals surface area contributed by atoms with Gasteiger partial charge in [0.15, 0.2) is 0 Å². The molecule has 2 heteroatoms. The highest BCUT2D eigenvalue weighted by atomic mass is 16.4. The van der Waals surface area contributed by atoms with Crippen LogP contribution in [0.1, 0.15) is 43.8 Å². The van der Waals surface area contributed by atoms with Crippen LogP contribution < -0.4 is 5.63 Å². The van der Waals surface area contributed by atoms with Crippen molar-refractivity contribution < 1.29 is 4.42 Å². The van der Waals surface area contributed by atoms with Crippen LogP contribution in [0.4, 0.5) is 0 Å². The third-order valence-electron chi connectivity index (χ3n) is 4.90. The minimum atomic E-state index is -0.240. The first-order valence-corrected chi connectivity index (χ1v) is 8.44. The summed E-state index contributed by atoms with van der Waals surface area (Å²) in [4.78, 5) is 12.1. The molecule has 4 rings (SSSR count). The van der Waals surface area contributed by atoms with Gasteiger partial charge in [-0.05, 0) is 40.8 Å². The van der Waals surface area contributed by atoms with Crippen molar-refractivity contribution in [2.75, 3.05) is 0 Å². The second-order valence-electron chi connectivity index (χ2n) is 6.43. The number of fused-ring (bicyclic) bond motifs is 1. The summed E-state index contributed by atoms with van der Waals surface area (Å²) in [6.07, 6.45) is 6.01. The lowest BCUT2D eigenvalue weighted by atomic mass is 9.86. The molecule has 0 saturated heterocycles. The van der Waals surface area contributed by atoms with E-state index in [0.29, 0.717) is 5.92 Å². The lowest BCUT2D eigenvalue weighted by molar-refractivity contribution is 0.355. The van der Waals surface area contributed by atoms with Crippen molar-refractivity contribution in [1.82, 2.24) is 0 Å². The molecular weight excluding hydrogens is 284 g/mol. The first-order chi connectivity index (χ1) is 11.3. The maximum atomic E-state index is 12.1. The predicted octanol–water partition coefficient (Wildman–Crippen LogP) is 5.51. The van der Waals surface area contributed by atoms with Crippen LogP contribution in [0.25, 0.3) is 21.9 Å². The summed E-state index contributed by atoms with van der Waals surface area (Å²) in [6.45, 7) is 0. The molecule has 1 heterocycles. The van der Waals surface area contributed by atoms with Gasteiger partial charge in [0.05, 0.1) is 0 Å². The second-order valence-corrected chi connectivity index (χ2v) is 6.43. The molecule has 0 spiro atoms. The standard InChI is InChI=1S/C21H20O2/c22-21-14-17(13-20(23-21)16-8-2-1-3-9-16)19-12-6-10-15-7-4-5-11-18(15)19/h4-7,10-14,16H,1-3,8-9H2. The van der Waals surface area contributed by atoms with E-state index < -0.39 is 0 Å². The maximum absolute atomic E-state index is 12.1. The van der Waals surface area contributed by atoms with Crippen molar-refractivity contribution in [1.29, 1.82) is 0 Å². The number of hydrogen-bond donors (Lipinski definition) is 0. The van der Waals surface area contributed by atoms with E-state index in [4.69, 9.17) is 4.42 Å². The highest BCUT2D eigenvalue weighted by Crippen LogP contribution is 2.35. The summed E-state index contributed by atoms with van der Waals surface area (Å²) in [5.41, 5.74) is 1.84. The Morgan fingerprint density at radius 1 is 0.870 bits per heavy atom. The van der Waals surface area contributed by atoms with E-state index in [1.807, 2.05) is 18.2 Å². The largest absolute Gasteiger partial charge is 0.428 e. The van der Waals surface area contributed by atoms with E-state index in [1.165, 1.54) is 30.0 Å². The van der Waals surface area contributed by atoms with Gasteiger partial charge in [-0.2, -0.15) is 0 Å². The van der Waals surface area contributed by atoms with Crippen LogP contribution in [0.2, 0.25) is 0 Å². The predicted molar refractivity (Wildman–Crippen MR) is 93.7 cm³/mol. The van der Waals surface area contributed by atoms with Gasteiger partial charge in [0.2, 0.25) is 0 Å². The maximum Gasteiger partial charge on any atom is 0.336 e. The molecule has 0 atom stereocenters. The summed E-state index contributed by atoms with van der Waals surface area (Å²) in [5.74, 6) is 1.26. The summed E-state index contributed by atoms with van der Waals surface area (Å²) in [7, 11) is 0. The van der Waals surface area contributed by atoms with Gasteiger partial charge in [-0.15, -0.1) is 0 Å². The Kier molecular flexibility index (Phi) is 3.74. The first kappa shape index (κ1) is 14.3. The molecule has 2 aromatic carbocycles. The third-order valence-corrected chi connectivity index (χ3v) is 4.90. The molecular formula is C21H20O2. The number of hydrogen-bond acceptors (Lipinski definition) is 2. The topological polar surface area (TPSA) is 30.2 Å². The minimum absolute atomic E-state index is 0.240. The van der Waals surface area contributed by atoms with Crippen LogP contribution in [0, 0.1) is 0 Å². The van der Waals surface area contributed by atoms with Gasteiger partial charge in [-0.3, -0.25) is 0 Å². The van der Waals surface area contributed by atoms with Crippen molar-refractivity contribution in [2.45, 2.75) is 38.0 Å². The van der Waals surface area contributed by atoms with E-state index in [9.17, 15) is 4.79 Å². The zero-order valence-corrected chi connectivity index (χ0v) is 13.1. The molecule has 0 aliphatic heterocycles. The summed E-state index contributed by atoms with van der Waals surface area (Å²) in [5, 5.41) is 2.37. The molecule has 0 amide bonds. The van der Waals surface area contributed by atoms with Crippen LogP contribution in [0.5, 0.6) is 0 Å². The third kappa shape index (κ3) is 2.81.